The predicted molar refractivity (Wildman–Crippen MR) is 66.9 cm³/mol. The zero-order chi connectivity index (χ0) is 8.27. The van der Waals surface area contributed by atoms with Gasteiger partial charge in [0.25, 0.3) is 0 Å². The van der Waals surface area contributed by atoms with E-state index in [4.69, 9.17) is 11.6 Å². The zero-order valence-electron chi connectivity index (χ0n) is 5.78. The summed E-state index contributed by atoms with van der Waals surface area (Å²) in [5.74, 6) is 0. The second kappa shape index (κ2) is 4.87. The maximum atomic E-state index is 5.85. The van der Waals surface area contributed by atoms with Gasteiger partial charge in [-0.3, -0.25) is 0 Å². The molecular weight excluding hydrogens is 385 g/mol. The van der Waals surface area contributed by atoms with Crippen molar-refractivity contribution in [1.82, 2.24) is 0 Å². The molecule has 60 valence electrons. The Morgan fingerprint density at radius 1 is 1.09 bits per heavy atom. The van der Waals surface area contributed by atoms with E-state index >= 15 is 0 Å². The molecule has 11 heavy (non-hydrogen) atoms. The minimum Gasteiger partial charge on any atom is -0.0843 e. The van der Waals surface area contributed by atoms with Crippen LogP contribution < -0.4 is 0 Å². The molecule has 1 aromatic carbocycles. The largest absolute Gasteiger partial charge is 0.0843 e. The van der Waals surface area contributed by atoms with Crippen LogP contribution in [0.15, 0.2) is 18.2 Å². The molecule has 0 bridgehead atoms. The summed E-state index contributed by atoms with van der Waals surface area (Å²) >= 11 is 10.6. The van der Waals surface area contributed by atoms with Gasteiger partial charge < -0.3 is 0 Å². The zero-order valence-corrected chi connectivity index (χ0v) is 10.9. The lowest BCUT2D eigenvalue weighted by atomic mass is 10.1. The van der Waals surface area contributed by atoms with Gasteiger partial charge in [0.1, 0.15) is 0 Å². The Hall–Kier alpha value is 0.970. The van der Waals surface area contributed by atoms with Crippen molar-refractivity contribution in [2.75, 3.05) is 0 Å². The first kappa shape index (κ1) is 10.1. The highest BCUT2D eigenvalue weighted by Gasteiger charge is 1.99. The fraction of sp³-hybridized carbons (Fsp3) is 0.250. The van der Waals surface area contributed by atoms with Gasteiger partial charge in [0.15, 0.2) is 0 Å². The highest BCUT2D eigenvalue weighted by molar-refractivity contribution is 14.1. The van der Waals surface area contributed by atoms with Gasteiger partial charge in [-0.1, -0.05) is 62.8 Å². The Morgan fingerprint density at radius 3 is 2.27 bits per heavy atom. The second-order valence-corrected chi connectivity index (χ2v) is 4.14. The highest BCUT2D eigenvalue weighted by atomic mass is 127. The molecule has 0 radical (unpaired) electrons. The van der Waals surface area contributed by atoms with Crippen molar-refractivity contribution in [3.05, 3.63) is 34.3 Å². The average molecular weight is 392 g/mol. The second-order valence-electron chi connectivity index (χ2n) is 2.18. The number of hydrogen-bond acceptors (Lipinski definition) is 0. The van der Waals surface area contributed by atoms with Crippen LogP contribution >= 0.6 is 56.8 Å². The highest BCUT2D eigenvalue weighted by Crippen LogP contribution is 2.20. The molecule has 0 aliphatic carbocycles. The molecule has 0 unspecified atom stereocenters. The third kappa shape index (κ3) is 2.73. The topological polar surface area (TPSA) is 0 Å². The van der Waals surface area contributed by atoms with Gasteiger partial charge in [0.05, 0.1) is 0 Å². The molecule has 0 atom stereocenters. The Morgan fingerprint density at radius 2 is 1.73 bits per heavy atom. The SMILES string of the molecule is Clc1ccc(CI)c(CI)c1. The number of hydrogen-bond donors (Lipinski definition) is 0. The van der Waals surface area contributed by atoms with Crippen LogP contribution in [0.4, 0.5) is 0 Å². The van der Waals surface area contributed by atoms with E-state index in [0.29, 0.717) is 0 Å². The summed E-state index contributed by atoms with van der Waals surface area (Å²) in [6.45, 7) is 0. The number of rotatable bonds is 2. The van der Waals surface area contributed by atoms with E-state index in [1.165, 1.54) is 11.1 Å². The van der Waals surface area contributed by atoms with Gasteiger partial charge in [0, 0.05) is 13.9 Å². The van der Waals surface area contributed by atoms with E-state index in [2.05, 4.69) is 51.2 Å². The van der Waals surface area contributed by atoms with E-state index in [1.54, 1.807) is 0 Å². The van der Waals surface area contributed by atoms with Crippen molar-refractivity contribution in [3.63, 3.8) is 0 Å². The quantitative estimate of drug-likeness (QED) is 0.523. The lowest BCUT2D eigenvalue weighted by molar-refractivity contribution is 1.32. The van der Waals surface area contributed by atoms with Crippen molar-refractivity contribution in [1.29, 1.82) is 0 Å². The smallest absolute Gasteiger partial charge is 0.0409 e. The Bertz CT molecular complexity index is 248. The van der Waals surface area contributed by atoms with Gasteiger partial charge in [0.2, 0.25) is 0 Å². The average Bonchev–Trinajstić information content (AvgIpc) is 2.04. The summed E-state index contributed by atoms with van der Waals surface area (Å²) < 4.78 is 2.10. The molecule has 0 amide bonds. The molecule has 0 saturated heterocycles. The van der Waals surface area contributed by atoms with Gasteiger partial charge >= 0.3 is 0 Å². The molecule has 0 saturated carbocycles. The first-order valence-corrected chi connectivity index (χ1v) is 6.60. The predicted octanol–water partition coefficient (Wildman–Crippen LogP) is 4.21. The first-order valence-electron chi connectivity index (χ1n) is 3.17. The van der Waals surface area contributed by atoms with Gasteiger partial charge in [-0.2, -0.15) is 0 Å². The molecule has 0 aromatic heterocycles. The van der Waals surface area contributed by atoms with Crippen molar-refractivity contribution in [2.45, 2.75) is 8.86 Å². The molecule has 1 rings (SSSR count). The number of halogens is 3. The maximum Gasteiger partial charge on any atom is 0.0409 e. The molecule has 0 fully saturated rings. The third-order valence-electron chi connectivity index (χ3n) is 1.46. The normalized spacial score (nSPS) is 10.1. The number of benzene rings is 1. The van der Waals surface area contributed by atoms with Gasteiger partial charge in [-0.25, -0.2) is 0 Å². The van der Waals surface area contributed by atoms with Crippen LogP contribution in [0.5, 0.6) is 0 Å². The fourth-order valence-corrected chi connectivity index (χ4v) is 2.50. The van der Waals surface area contributed by atoms with Crippen LogP contribution in [0.25, 0.3) is 0 Å². The van der Waals surface area contributed by atoms with Crippen LogP contribution in [0, 0.1) is 0 Å². The Kier molecular flexibility index (Phi) is 4.45. The molecule has 0 aliphatic rings. The van der Waals surface area contributed by atoms with E-state index < -0.39 is 0 Å². The summed E-state index contributed by atoms with van der Waals surface area (Å²) in [4.78, 5) is 0. The molecule has 1 aromatic rings. The van der Waals surface area contributed by atoms with E-state index in [1.807, 2.05) is 12.1 Å². The first-order chi connectivity index (χ1) is 5.27. The van der Waals surface area contributed by atoms with E-state index in [-0.39, 0.29) is 0 Å². The van der Waals surface area contributed by atoms with Crippen molar-refractivity contribution >= 4 is 56.8 Å². The molecular formula is C8H7ClI2. The summed E-state index contributed by atoms with van der Waals surface area (Å²) in [7, 11) is 0. The molecule has 0 nitrogen and oxygen atoms in total. The Labute approximate surface area is 99.0 Å². The van der Waals surface area contributed by atoms with Crippen LogP contribution in [0.1, 0.15) is 11.1 Å². The molecule has 0 heterocycles. The van der Waals surface area contributed by atoms with Crippen molar-refractivity contribution in [3.8, 4) is 0 Å². The Balaban J connectivity index is 3.06. The summed E-state index contributed by atoms with van der Waals surface area (Å²) in [6.07, 6.45) is 0. The molecule has 0 N–H and O–H groups in total. The third-order valence-corrected chi connectivity index (χ3v) is 3.33. The standard InChI is InChI=1S/C8H7ClI2/c9-8-2-1-6(4-10)7(3-8)5-11/h1-3H,4-5H2. The van der Waals surface area contributed by atoms with E-state index in [9.17, 15) is 0 Å². The number of alkyl halides is 2. The molecule has 0 aliphatic heterocycles. The summed E-state index contributed by atoms with van der Waals surface area (Å²) in [5.41, 5.74) is 2.75. The van der Waals surface area contributed by atoms with Crippen LogP contribution in [-0.4, -0.2) is 0 Å². The van der Waals surface area contributed by atoms with Gasteiger partial charge in [-0.15, -0.1) is 0 Å². The summed E-state index contributed by atoms with van der Waals surface area (Å²) in [5, 5.41) is 0.838. The van der Waals surface area contributed by atoms with Gasteiger partial charge in [-0.05, 0) is 23.3 Å². The van der Waals surface area contributed by atoms with Crippen molar-refractivity contribution in [2.24, 2.45) is 0 Å². The fourth-order valence-electron chi connectivity index (χ4n) is 0.849. The minimum absolute atomic E-state index is 0.838. The molecule has 3 heteroatoms. The maximum absolute atomic E-state index is 5.85. The van der Waals surface area contributed by atoms with Crippen LogP contribution in [0.3, 0.4) is 0 Å². The van der Waals surface area contributed by atoms with E-state index in [0.717, 1.165) is 13.9 Å². The van der Waals surface area contributed by atoms with Crippen LogP contribution in [-0.2, 0) is 8.86 Å². The lowest BCUT2D eigenvalue weighted by Crippen LogP contribution is -1.86. The monoisotopic (exact) mass is 392 g/mol. The van der Waals surface area contributed by atoms with Crippen molar-refractivity contribution < 1.29 is 0 Å². The summed E-state index contributed by atoms with van der Waals surface area (Å²) in [6, 6.07) is 6.09. The lowest BCUT2D eigenvalue weighted by Gasteiger charge is -2.03. The van der Waals surface area contributed by atoms with Crippen LogP contribution in [0.2, 0.25) is 5.02 Å². The minimum atomic E-state index is 0.838. The molecule has 0 spiro atoms.